The van der Waals surface area contributed by atoms with Crippen LogP contribution in [0.4, 0.5) is 0 Å². The molecule has 0 aliphatic carbocycles. The van der Waals surface area contributed by atoms with Crippen molar-refractivity contribution < 1.29 is 9.47 Å². The van der Waals surface area contributed by atoms with Crippen LogP contribution in [0.5, 0.6) is 5.75 Å². The molecule has 18 heavy (non-hydrogen) atoms. The van der Waals surface area contributed by atoms with Gasteiger partial charge in [-0.25, -0.2) is 0 Å². The topological polar surface area (TPSA) is 56.5 Å². The number of hydrogen-bond donors (Lipinski definition) is 2. The minimum Gasteiger partial charge on any atom is -0.491 e. The Morgan fingerprint density at radius 2 is 2.06 bits per heavy atom. The average molecular weight is 252 g/mol. The highest BCUT2D eigenvalue weighted by molar-refractivity contribution is 5.35. The van der Waals surface area contributed by atoms with Crippen molar-refractivity contribution in [2.45, 2.75) is 32.2 Å². The number of ether oxygens (including phenoxy) is 2. The second kappa shape index (κ2) is 8.91. The van der Waals surface area contributed by atoms with Crippen LogP contribution in [0.3, 0.4) is 0 Å². The average Bonchev–Trinajstić information content (AvgIpc) is 2.41. The summed E-state index contributed by atoms with van der Waals surface area (Å²) in [5, 5.41) is 0. The van der Waals surface area contributed by atoms with Gasteiger partial charge in [0.05, 0.1) is 6.61 Å². The van der Waals surface area contributed by atoms with Gasteiger partial charge in [0, 0.05) is 18.7 Å². The van der Waals surface area contributed by atoms with Crippen LogP contribution in [0.2, 0.25) is 0 Å². The molecule has 0 fully saturated rings. The van der Waals surface area contributed by atoms with Crippen molar-refractivity contribution in [1.29, 1.82) is 0 Å². The van der Waals surface area contributed by atoms with Crippen LogP contribution in [-0.4, -0.2) is 20.3 Å². The van der Waals surface area contributed by atoms with E-state index in [1.54, 1.807) is 7.11 Å². The molecule has 3 N–H and O–H groups in total. The Kier molecular flexibility index (Phi) is 7.41. The molecule has 4 heteroatoms. The van der Waals surface area contributed by atoms with E-state index in [0.717, 1.165) is 30.6 Å². The molecule has 1 aromatic rings. The second-order valence-electron chi connectivity index (χ2n) is 4.24. The predicted molar refractivity (Wildman–Crippen MR) is 73.4 cm³/mol. The lowest BCUT2D eigenvalue weighted by Crippen LogP contribution is -2.28. The number of hydrazine groups is 1. The fourth-order valence-electron chi connectivity index (χ4n) is 1.87. The van der Waals surface area contributed by atoms with E-state index >= 15 is 0 Å². The van der Waals surface area contributed by atoms with Gasteiger partial charge in [0.2, 0.25) is 0 Å². The SMILES string of the molecule is CCCCC(NN)c1ccccc1OCCOC. The van der Waals surface area contributed by atoms with E-state index in [-0.39, 0.29) is 6.04 Å². The lowest BCUT2D eigenvalue weighted by Gasteiger charge is -2.19. The third-order valence-corrected chi connectivity index (χ3v) is 2.89. The molecule has 0 amide bonds. The third-order valence-electron chi connectivity index (χ3n) is 2.89. The fourth-order valence-corrected chi connectivity index (χ4v) is 1.87. The molecule has 0 aliphatic rings. The lowest BCUT2D eigenvalue weighted by atomic mass is 10.0. The quantitative estimate of drug-likeness (QED) is 0.402. The second-order valence-corrected chi connectivity index (χ2v) is 4.24. The molecule has 0 spiro atoms. The molecule has 1 atom stereocenters. The summed E-state index contributed by atoms with van der Waals surface area (Å²) >= 11 is 0. The number of nitrogens with two attached hydrogens (primary N) is 1. The Morgan fingerprint density at radius 1 is 1.28 bits per heavy atom. The highest BCUT2D eigenvalue weighted by Crippen LogP contribution is 2.27. The first-order chi connectivity index (χ1) is 8.83. The number of unbranched alkanes of at least 4 members (excludes halogenated alkanes) is 1. The summed E-state index contributed by atoms with van der Waals surface area (Å²) in [7, 11) is 1.67. The van der Waals surface area contributed by atoms with E-state index in [0.29, 0.717) is 13.2 Å². The summed E-state index contributed by atoms with van der Waals surface area (Å²) in [6, 6.07) is 8.15. The number of para-hydroxylation sites is 1. The molecule has 0 heterocycles. The molecule has 1 rings (SSSR count). The van der Waals surface area contributed by atoms with Crippen LogP contribution >= 0.6 is 0 Å². The summed E-state index contributed by atoms with van der Waals surface area (Å²) in [6.45, 7) is 3.32. The molecule has 102 valence electrons. The van der Waals surface area contributed by atoms with Crippen LogP contribution in [0.1, 0.15) is 37.8 Å². The maximum Gasteiger partial charge on any atom is 0.124 e. The summed E-state index contributed by atoms with van der Waals surface area (Å²) in [4.78, 5) is 0. The number of methoxy groups -OCH3 is 1. The van der Waals surface area contributed by atoms with Crippen molar-refractivity contribution in [1.82, 2.24) is 5.43 Å². The Morgan fingerprint density at radius 3 is 2.72 bits per heavy atom. The zero-order chi connectivity index (χ0) is 13.2. The van der Waals surface area contributed by atoms with Crippen LogP contribution < -0.4 is 16.0 Å². The van der Waals surface area contributed by atoms with Crippen molar-refractivity contribution in [2.24, 2.45) is 5.84 Å². The first-order valence-electron chi connectivity index (χ1n) is 6.50. The fraction of sp³-hybridized carbons (Fsp3) is 0.571. The summed E-state index contributed by atoms with van der Waals surface area (Å²) in [5.74, 6) is 6.52. The van der Waals surface area contributed by atoms with Gasteiger partial charge in [-0.3, -0.25) is 11.3 Å². The van der Waals surface area contributed by atoms with Crippen LogP contribution in [0.15, 0.2) is 24.3 Å². The molecule has 1 aromatic carbocycles. The van der Waals surface area contributed by atoms with Gasteiger partial charge in [0.1, 0.15) is 12.4 Å². The van der Waals surface area contributed by atoms with E-state index in [1.165, 1.54) is 0 Å². The highest BCUT2D eigenvalue weighted by Gasteiger charge is 2.13. The van der Waals surface area contributed by atoms with E-state index in [2.05, 4.69) is 18.4 Å². The van der Waals surface area contributed by atoms with Crippen LogP contribution in [0, 0.1) is 0 Å². The minimum absolute atomic E-state index is 0.142. The van der Waals surface area contributed by atoms with Gasteiger partial charge in [0.15, 0.2) is 0 Å². The molecule has 0 radical (unpaired) electrons. The monoisotopic (exact) mass is 252 g/mol. The lowest BCUT2D eigenvalue weighted by molar-refractivity contribution is 0.145. The molecule has 4 nitrogen and oxygen atoms in total. The minimum atomic E-state index is 0.142. The molecule has 0 bridgehead atoms. The number of benzene rings is 1. The first kappa shape index (κ1) is 15.0. The molecule has 0 saturated carbocycles. The summed E-state index contributed by atoms with van der Waals surface area (Å²) in [6.07, 6.45) is 3.31. The van der Waals surface area contributed by atoms with Gasteiger partial charge in [-0.15, -0.1) is 0 Å². The zero-order valence-electron chi connectivity index (χ0n) is 11.3. The van der Waals surface area contributed by atoms with E-state index in [4.69, 9.17) is 15.3 Å². The van der Waals surface area contributed by atoms with E-state index < -0.39 is 0 Å². The smallest absolute Gasteiger partial charge is 0.124 e. The highest BCUT2D eigenvalue weighted by atomic mass is 16.5. The standard InChI is InChI=1S/C14H24N2O2/c1-3-4-8-13(16-15)12-7-5-6-9-14(12)18-11-10-17-2/h5-7,9,13,16H,3-4,8,10-11,15H2,1-2H3. The van der Waals surface area contributed by atoms with E-state index in [9.17, 15) is 0 Å². The first-order valence-corrected chi connectivity index (χ1v) is 6.50. The zero-order valence-corrected chi connectivity index (χ0v) is 11.3. The molecule has 0 aromatic heterocycles. The van der Waals surface area contributed by atoms with Gasteiger partial charge in [0.25, 0.3) is 0 Å². The molecular weight excluding hydrogens is 228 g/mol. The third kappa shape index (κ3) is 4.64. The molecule has 0 saturated heterocycles. The maximum atomic E-state index is 5.72. The van der Waals surface area contributed by atoms with Gasteiger partial charge in [-0.1, -0.05) is 38.0 Å². The van der Waals surface area contributed by atoms with Gasteiger partial charge >= 0.3 is 0 Å². The molecule has 0 aliphatic heterocycles. The predicted octanol–water partition coefficient (Wildman–Crippen LogP) is 2.41. The van der Waals surface area contributed by atoms with E-state index in [1.807, 2.05) is 18.2 Å². The number of hydrogen-bond acceptors (Lipinski definition) is 4. The van der Waals surface area contributed by atoms with Gasteiger partial charge < -0.3 is 9.47 Å². The maximum absolute atomic E-state index is 5.72. The Hall–Kier alpha value is -1.10. The van der Waals surface area contributed by atoms with Crippen molar-refractivity contribution >= 4 is 0 Å². The van der Waals surface area contributed by atoms with Crippen molar-refractivity contribution in [2.75, 3.05) is 20.3 Å². The summed E-state index contributed by atoms with van der Waals surface area (Å²) in [5.41, 5.74) is 3.99. The number of rotatable bonds is 9. The Bertz CT molecular complexity index is 331. The Labute approximate surface area is 109 Å². The van der Waals surface area contributed by atoms with Gasteiger partial charge in [-0.2, -0.15) is 0 Å². The normalized spacial score (nSPS) is 12.4. The largest absolute Gasteiger partial charge is 0.491 e. The van der Waals surface area contributed by atoms with Crippen molar-refractivity contribution in [3.05, 3.63) is 29.8 Å². The van der Waals surface area contributed by atoms with Crippen LogP contribution in [0.25, 0.3) is 0 Å². The Balaban J connectivity index is 2.71. The molecule has 1 unspecified atom stereocenters. The van der Waals surface area contributed by atoms with Crippen molar-refractivity contribution in [3.63, 3.8) is 0 Å². The molecular formula is C14H24N2O2. The summed E-state index contributed by atoms with van der Waals surface area (Å²) < 4.78 is 10.7. The van der Waals surface area contributed by atoms with Gasteiger partial charge in [-0.05, 0) is 12.5 Å². The van der Waals surface area contributed by atoms with Crippen LogP contribution in [-0.2, 0) is 4.74 Å². The van der Waals surface area contributed by atoms with Crippen molar-refractivity contribution in [3.8, 4) is 5.75 Å². The number of nitrogens with one attached hydrogen (secondary N) is 1.